The van der Waals surface area contributed by atoms with E-state index in [-0.39, 0.29) is 30.6 Å². The van der Waals surface area contributed by atoms with Crippen molar-refractivity contribution in [2.45, 2.75) is 204 Å². The lowest BCUT2D eigenvalue weighted by molar-refractivity contribution is -0.303. The maximum absolute atomic E-state index is 14.6. The lowest BCUT2D eigenvalue weighted by atomic mass is 9.98. The summed E-state index contributed by atoms with van der Waals surface area (Å²) in [5.41, 5.74) is 0.629. The topological polar surface area (TPSA) is 178 Å². The SMILES string of the molecule is CCCCCCCCCCCCCC[C@@H](O)[C@@H](O)[C@H](CO[C@H]1OC(CO)[C@H](O)[C@H](O)C1O)NC(=O)CCCCCCCCCCc1ccc(Oc2ccc(F)cc2)cc1F. The molecule has 0 radical (unpaired) electrons. The number of unbranched alkanes of at least 4 members (excludes halogenated alkanes) is 18. The van der Waals surface area contributed by atoms with Crippen molar-refractivity contribution in [1.82, 2.24) is 5.32 Å². The quantitative estimate of drug-likeness (QED) is 0.0349. The standard InChI is InChI=1S/C47H75F2NO10/c1-2-3-4-5-6-7-8-9-10-14-17-20-23-40(52)43(54)39(33-58-47-46(57)45(56)44(55)41(32-51)60-47)50-42(53)24-21-18-15-12-11-13-16-19-22-34-25-28-37(31-38(34)49)59-36-29-26-35(48)27-30-36/h25-31,39-41,43-47,51-52,54-57H,2-24,32-33H2,1H3,(H,50,53)/t39-,40+,41?,43-,44-,45-,46?,47-/m0/s1. The Morgan fingerprint density at radius 2 is 1.27 bits per heavy atom. The molecule has 2 unspecified atom stereocenters. The van der Waals surface area contributed by atoms with Crippen molar-refractivity contribution in [2.24, 2.45) is 0 Å². The number of rotatable bonds is 33. The molecule has 0 saturated carbocycles. The van der Waals surface area contributed by atoms with Crippen molar-refractivity contribution < 1.29 is 58.4 Å². The number of aliphatic hydroxyl groups excluding tert-OH is 6. The van der Waals surface area contributed by atoms with Crippen LogP contribution in [0.2, 0.25) is 0 Å². The predicted octanol–water partition coefficient (Wildman–Crippen LogP) is 7.92. The molecule has 1 amide bonds. The molecule has 8 atom stereocenters. The fraction of sp³-hybridized carbons (Fsp3) is 0.723. The van der Waals surface area contributed by atoms with Crippen molar-refractivity contribution in [3.05, 3.63) is 59.7 Å². The van der Waals surface area contributed by atoms with E-state index in [0.29, 0.717) is 42.7 Å². The number of ether oxygens (including phenoxy) is 3. The number of hydrogen-bond donors (Lipinski definition) is 7. The first-order valence-electron chi connectivity index (χ1n) is 22.8. The Morgan fingerprint density at radius 1 is 0.717 bits per heavy atom. The third kappa shape index (κ3) is 20.0. The van der Waals surface area contributed by atoms with Crippen molar-refractivity contribution in [1.29, 1.82) is 0 Å². The van der Waals surface area contributed by atoms with Crippen LogP contribution in [-0.4, -0.2) is 98.7 Å². The van der Waals surface area contributed by atoms with Crippen LogP contribution in [-0.2, 0) is 20.7 Å². The molecule has 0 aliphatic carbocycles. The molecule has 11 nitrogen and oxygen atoms in total. The zero-order chi connectivity index (χ0) is 43.5. The van der Waals surface area contributed by atoms with E-state index in [1.165, 1.54) is 81.7 Å². The van der Waals surface area contributed by atoms with E-state index in [9.17, 15) is 44.2 Å². The molecule has 2 aromatic carbocycles. The molecule has 60 heavy (non-hydrogen) atoms. The Balaban J connectivity index is 1.33. The Hall–Kier alpha value is -2.75. The predicted molar refractivity (Wildman–Crippen MR) is 227 cm³/mol. The molecular formula is C47H75F2NO10. The van der Waals surface area contributed by atoms with Gasteiger partial charge in [-0.25, -0.2) is 8.78 Å². The first-order valence-corrected chi connectivity index (χ1v) is 22.8. The van der Waals surface area contributed by atoms with Gasteiger partial charge in [-0.15, -0.1) is 0 Å². The fourth-order valence-corrected chi connectivity index (χ4v) is 7.64. The number of aryl methyl sites for hydroxylation is 1. The number of aliphatic hydroxyl groups is 6. The molecule has 342 valence electrons. The second-order valence-electron chi connectivity index (χ2n) is 16.6. The monoisotopic (exact) mass is 852 g/mol. The summed E-state index contributed by atoms with van der Waals surface area (Å²) >= 11 is 0. The maximum atomic E-state index is 14.6. The van der Waals surface area contributed by atoms with E-state index in [1.54, 1.807) is 12.1 Å². The van der Waals surface area contributed by atoms with E-state index in [4.69, 9.17) is 14.2 Å². The summed E-state index contributed by atoms with van der Waals surface area (Å²) in [7, 11) is 0. The van der Waals surface area contributed by atoms with E-state index < -0.39 is 55.6 Å². The van der Waals surface area contributed by atoms with Gasteiger partial charge in [-0.3, -0.25) is 4.79 Å². The molecule has 1 aliphatic rings. The van der Waals surface area contributed by atoms with Gasteiger partial charge < -0.3 is 50.2 Å². The molecule has 0 bridgehead atoms. The Kier molecular flexibility index (Phi) is 26.1. The van der Waals surface area contributed by atoms with Gasteiger partial charge in [0.1, 0.15) is 53.7 Å². The number of carbonyl (C=O) groups is 1. The zero-order valence-electron chi connectivity index (χ0n) is 35.9. The minimum Gasteiger partial charge on any atom is -0.457 e. The van der Waals surface area contributed by atoms with E-state index in [0.717, 1.165) is 64.2 Å². The summed E-state index contributed by atoms with van der Waals surface area (Å²) in [6, 6.07) is 9.31. The van der Waals surface area contributed by atoms with Gasteiger partial charge in [-0.2, -0.15) is 0 Å². The fourth-order valence-electron chi connectivity index (χ4n) is 7.64. The number of nitrogens with one attached hydrogen (secondary N) is 1. The molecule has 1 fully saturated rings. The van der Waals surface area contributed by atoms with Crippen molar-refractivity contribution >= 4 is 5.91 Å². The van der Waals surface area contributed by atoms with Crippen LogP contribution in [0.4, 0.5) is 8.78 Å². The van der Waals surface area contributed by atoms with Gasteiger partial charge in [-0.1, -0.05) is 129 Å². The van der Waals surface area contributed by atoms with Crippen LogP contribution in [0.5, 0.6) is 11.5 Å². The molecule has 0 aromatic heterocycles. The number of carbonyl (C=O) groups excluding carboxylic acids is 1. The Labute approximate surface area is 356 Å². The molecule has 7 N–H and O–H groups in total. The molecular weight excluding hydrogens is 777 g/mol. The summed E-state index contributed by atoms with van der Waals surface area (Å²) < 4.78 is 44.5. The van der Waals surface area contributed by atoms with Gasteiger partial charge in [0.15, 0.2) is 6.29 Å². The molecule has 1 aliphatic heterocycles. The molecule has 1 saturated heterocycles. The Morgan fingerprint density at radius 3 is 1.85 bits per heavy atom. The normalized spacial score (nSPS) is 20.8. The van der Waals surface area contributed by atoms with Crippen LogP contribution in [0.1, 0.15) is 154 Å². The highest BCUT2D eigenvalue weighted by Crippen LogP contribution is 2.26. The van der Waals surface area contributed by atoms with Gasteiger partial charge in [0.2, 0.25) is 5.91 Å². The van der Waals surface area contributed by atoms with Crippen LogP contribution in [0, 0.1) is 11.6 Å². The van der Waals surface area contributed by atoms with Crippen LogP contribution in [0.15, 0.2) is 42.5 Å². The number of hydrogen-bond acceptors (Lipinski definition) is 10. The first kappa shape index (κ1) is 51.6. The third-order valence-electron chi connectivity index (χ3n) is 11.5. The minimum absolute atomic E-state index is 0.206. The summed E-state index contributed by atoms with van der Waals surface area (Å²) in [5.74, 6) is -0.224. The number of amides is 1. The lowest BCUT2D eigenvalue weighted by Gasteiger charge is -2.40. The third-order valence-corrected chi connectivity index (χ3v) is 11.5. The summed E-state index contributed by atoms with van der Waals surface area (Å²) in [5, 5.41) is 65.1. The molecule has 3 rings (SSSR count). The minimum atomic E-state index is -1.64. The number of benzene rings is 2. The molecule has 0 spiro atoms. The molecule has 2 aromatic rings. The van der Waals surface area contributed by atoms with Crippen LogP contribution in [0.3, 0.4) is 0 Å². The summed E-state index contributed by atoms with van der Waals surface area (Å²) in [6.45, 7) is 1.25. The highest BCUT2D eigenvalue weighted by Gasteiger charge is 2.44. The first-order chi connectivity index (χ1) is 29.0. The molecule has 1 heterocycles. The average Bonchev–Trinajstić information content (AvgIpc) is 3.24. The summed E-state index contributed by atoms with van der Waals surface area (Å²) in [6.07, 6.45) is 12.5. The smallest absolute Gasteiger partial charge is 0.220 e. The van der Waals surface area contributed by atoms with Crippen molar-refractivity contribution in [3.63, 3.8) is 0 Å². The van der Waals surface area contributed by atoms with Crippen LogP contribution in [0.25, 0.3) is 0 Å². The van der Waals surface area contributed by atoms with E-state index >= 15 is 0 Å². The van der Waals surface area contributed by atoms with Gasteiger partial charge in [0.05, 0.1) is 25.4 Å². The van der Waals surface area contributed by atoms with Crippen molar-refractivity contribution in [2.75, 3.05) is 13.2 Å². The van der Waals surface area contributed by atoms with Crippen LogP contribution >= 0.6 is 0 Å². The number of halogens is 2. The second kappa shape index (κ2) is 30.3. The highest BCUT2D eigenvalue weighted by atomic mass is 19.1. The van der Waals surface area contributed by atoms with Crippen LogP contribution < -0.4 is 10.1 Å². The van der Waals surface area contributed by atoms with Gasteiger partial charge >= 0.3 is 0 Å². The second-order valence-corrected chi connectivity index (χ2v) is 16.6. The van der Waals surface area contributed by atoms with Gasteiger partial charge in [0, 0.05) is 12.5 Å². The van der Waals surface area contributed by atoms with Gasteiger partial charge in [-0.05, 0) is 61.6 Å². The lowest BCUT2D eigenvalue weighted by Crippen LogP contribution is -2.60. The van der Waals surface area contributed by atoms with Gasteiger partial charge in [0.25, 0.3) is 0 Å². The van der Waals surface area contributed by atoms with Crippen molar-refractivity contribution in [3.8, 4) is 11.5 Å². The molecule has 13 heteroatoms. The largest absolute Gasteiger partial charge is 0.457 e. The van der Waals surface area contributed by atoms with E-state index in [1.807, 2.05) is 0 Å². The maximum Gasteiger partial charge on any atom is 0.220 e. The summed E-state index contributed by atoms with van der Waals surface area (Å²) in [4.78, 5) is 13.0. The Bertz CT molecular complexity index is 1420. The zero-order valence-corrected chi connectivity index (χ0v) is 35.9. The highest BCUT2D eigenvalue weighted by molar-refractivity contribution is 5.76. The van der Waals surface area contributed by atoms with E-state index in [2.05, 4.69) is 12.2 Å². The average molecular weight is 852 g/mol.